The molecule has 0 radical (unpaired) electrons. The van der Waals surface area contributed by atoms with Crippen LogP contribution in [0.3, 0.4) is 0 Å². The first kappa shape index (κ1) is 17.5. The van der Waals surface area contributed by atoms with Gasteiger partial charge >= 0.3 is 5.97 Å². The molecule has 0 saturated heterocycles. The summed E-state index contributed by atoms with van der Waals surface area (Å²) < 4.78 is 5.39. The van der Waals surface area contributed by atoms with Crippen LogP contribution in [0.4, 0.5) is 0 Å². The van der Waals surface area contributed by atoms with Crippen LogP contribution in [0.5, 0.6) is 0 Å². The maximum atomic E-state index is 12.6. The van der Waals surface area contributed by atoms with E-state index >= 15 is 0 Å². The Hall–Kier alpha value is -1.89. The molecule has 0 aromatic carbocycles. The topological polar surface area (TPSA) is 95.7 Å². The number of carbonyl (C=O) groups excluding carboxylic acids is 1. The van der Waals surface area contributed by atoms with E-state index in [0.717, 1.165) is 62.8 Å². The molecule has 1 aromatic heterocycles. The minimum atomic E-state index is -0.775. The van der Waals surface area contributed by atoms with Gasteiger partial charge < -0.3 is 14.9 Å². The lowest BCUT2D eigenvalue weighted by molar-refractivity contribution is -0.139. The highest BCUT2D eigenvalue weighted by Crippen LogP contribution is 2.34. The van der Waals surface area contributed by atoms with E-state index in [2.05, 4.69) is 15.4 Å². The van der Waals surface area contributed by atoms with Gasteiger partial charge in [0, 0.05) is 30.6 Å². The summed E-state index contributed by atoms with van der Waals surface area (Å²) in [6.45, 7) is 0.965. The van der Waals surface area contributed by atoms with Crippen LogP contribution >= 0.6 is 0 Å². The fraction of sp³-hybridized carbons (Fsp3) is 0.737. The minimum Gasteiger partial charge on any atom is -0.480 e. The Morgan fingerprint density at radius 3 is 2.69 bits per heavy atom. The molecule has 2 saturated carbocycles. The van der Waals surface area contributed by atoms with E-state index in [1.54, 1.807) is 0 Å². The second kappa shape index (κ2) is 7.39. The predicted octanol–water partition coefficient (Wildman–Crippen LogP) is 2.00. The van der Waals surface area contributed by atoms with Crippen LogP contribution in [0.15, 0.2) is 4.52 Å². The number of aromatic nitrogens is 1. The molecule has 3 aliphatic rings. The average molecular weight is 361 g/mol. The van der Waals surface area contributed by atoms with Crippen molar-refractivity contribution in [2.45, 2.75) is 69.9 Å². The summed E-state index contributed by atoms with van der Waals surface area (Å²) in [7, 11) is 0. The number of carboxylic acid groups (broad SMARTS) is 1. The zero-order valence-electron chi connectivity index (χ0n) is 15.1. The van der Waals surface area contributed by atoms with Gasteiger partial charge in [0.1, 0.15) is 5.76 Å². The van der Waals surface area contributed by atoms with Crippen LogP contribution < -0.4 is 5.32 Å². The Kier molecular flexibility index (Phi) is 4.98. The monoisotopic (exact) mass is 361 g/mol. The highest BCUT2D eigenvalue weighted by atomic mass is 16.5. The highest BCUT2D eigenvalue weighted by Gasteiger charge is 2.38. The third-order valence-electron chi connectivity index (χ3n) is 5.91. The van der Waals surface area contributed by atoms with Crippen LogP contribution in [0.25, 0.3) is 0 Å². The Morgan fingerprint density at radius 2 is 1.96 bits per heavy atom. The number of nitrogens with one attached hydrogen (secondary N) is 1. The lowest BCUT2D eigenvalue weighted by atomic mass is 9.85. The van der Waals surface area contributed by atoms with Gasteiger partial charge in [-0.25, -0.2) is 0 Å². The van der Waals surface area contributed by atoms with Crippen molar-refractivity contribution in [3.8, 4) is 0 Å². The zero-order chi connectivity index (χ0) is 18.1. The van der Waals surface area contributed by atoms with Gasteiger partial charge in [0.25, 0.3) is 5.91 Å². The van der Waals surface area contributed by atoms with Crippen LogP contribution in [0, 0.1) is 5.92 Å². The molecule has 26 heavy (non-hydrogen) atoms. The molecule has 0 atom stereocenters. The van der Waals surface area contributed by atoms with Gasteiger partial charge in [-0.2, -0.15) is 0 Å². The fourth-order valence-electron chi connectivity index (χ4n) is 4.15. The number of fused-ring (bicyclic) bond motifs is 1. The minimum absolute atomic E-state index is 0.0959. The Bertz CT molecular complexity index is 676. The fourth-order valence-corrected chi connectivity index (χ4v) is 4.15. The number of nitrogens with zero attached hydrogens (tertiary/aromatic N) is 2. The smallest absolute Gasteiger partial charge is 0.317 e. The van der Waals surface area contributed by atoms with Crippen LogP contribution in [-0.2, 0) is 17.6 Å². The Morgan fingerprint density at radius 1 is 1.19 bits per heavy atom. The van der Waals surface area contributed by atoms with E-state index in [9.17, 15) is 9.59 Å². The van der Waals surface area contributed by atoms with Crippen molar-refractivity contribution in [3.63, 3.8) is 0 Å². The van der Waals surface area contributed by atoms with E-state index in [-0.39, 0.29) is 24.5 Å². The number of amides is 1. The summed E-state index contributed by atoms with van der Waals surface area (Å²) in [6, 6.07) is 0.354. The lowest BCUT2D eigenvalue weighted by Gasteiger charge is -2.42. The van der Waals surface area contributed by atoms with E-state index in [1.807, 2.05) is 0 Å². The number of hydrogen-bond acceptors (Lipinski definition) is 5. The standard InChI is InChI=1S/C19H27N3O4/c23-17(24)11-22(10-12-6-7-12)14-8-13(9-14)20-19(25)18-15-4-2-1-3-5-16(15)26-21-18/h12-14H,1-11H2,(H,20,25)(H,23,24). The lowest BCUT2D eigenvalue weighted by Crippen LogP contribution is -2.55. The first-order valence-electron chi connectivity index (χ1n) is 9.84. The van der Waals surface area contributed by atoms with Gasteiger partial charge in [-0.15, -0.1) is 0 Å². The summed E-state index contributed by atoms with van der Waals surface area (Å²) in [5.74, 6) is 0.612. The van der Waals surface area contributed by atoms with Crippen molar-refractivity contribution in [1.82, 2.24) is 15.4 Å². The van der Waals surface area contributed by atoms with Gasteiger partial charge in [0.05, 0.1) is 6.54 Å². The van der Waals surface area contributed by atoms with E-state index in [4.69, 9.17) is 9.63 Å². The second-order valence-corrected chi connectivity index (χ2v) is 8.06. The van der Waals surface area contributed by atoms with Crippen LogP contribution in [0.2, 0.25) is 0 Å². The van der Waals surface area contributed by atoms with Gasteiger partial charge in [0.15, 0.2) is 5.69 Å². The van der Waals surface area contributed by atoms with Crippen molar-refractivity contribution < 1.29 is 19.2 Å². The molecule has 7 heteroatoms. The third kappa shape index (κ3) is 3.92. The van der Waals surface area contributed by atoms with E-state index in [1.165, 1.54) is 12.8 Å². The highest BCUT2D eigenvalue weighted by molar-refractivity contribution is 5.94. The zero-order valence-corrected chi connectivity index (χ0v) is 15.1. The molecule has 0 unspecified atom stereocenters. The number of rotatable bonds is 7. The first-order chi connectivity index (χ1) is 12.6. The molecule has 0 bridgehead atoms. The molecule has 2 N–H and O–H groups in total. The maximum Gasteiger partial charge on any atom is 0.317 e. The molecule has 4 rings (SSSR count). The van der Waals surface area contributed by atoms with Gasteiger partial charge in [-0.1, -0.05) is 11.6 Å². The second-order valence-electron chi connectivity index (χ2n) is 8.06. The number of carbonyl (C=O) groups is 2. The average Bonchev–Trinajstić information content (AvgIpc) is 3.33. The van der Waals surface area contributed by atoms with Gasteiger partial charge in [-0.3, -0.25) is 14.5 Å². The summed E-state index contributed by atoms with van der Waals surface area (Å²) in [4.78, 5) is 25.8. The molecule has 2 fully saturated rings. The van der Waals surface area contributed by atoms with E-state index in [0.29, 0.717) is 11.6 Å². The number of hydrogen-bond donors (Lipinski definition) is 2. The summed E-state index contributed by atoms with van der Waals surface area (Å²) in [5, 5.41) is 16.2. The summed E-state index contributed by atoms with van der Waals surface area (Å²) in [5.41, 5.74) is 1.43. The van der Waals surface area contributed by atoms with Crippen molar-refractivity contribution in [2.75, 3.05) is 13.1 Å². The Labute approximate surface area is 153 Å². The molecular weight excluding hydrogens is 334 g/mol. The molecule has 0 spiro atoms. The summed E-state index contributed by atoms with van der Waals surface area (Å²) in [6.07, 6.45) is 9.10. The largest absolute Gasteiger partial charge is 0.480 e. The normalized spacial score (nSPS) is 25.3. The maximum absolute atomic E-state index is 12.6. The predicted molar refractivity (Wildman–Crippen MR) is 94.0 cm³/mol. The van der Waals surface area contributed by atoms with Crippen LogP contribution in [0.1, 0.15) is 66.8 Å². The molecule has 7 nitrogen and oxygen atoms in total. The molecular formula is C19H27N3O4. The van der Waals surface area contributed by atoms with Gasteiger partial charge in [-0.05, 0) is 50.9 Å². The number of aryl methyl sites for hydroxylation is 1. The van der Waals surface area contributed by atoms with Crippen molar-refractivity contribution >= 4 is 11.9 Å². The first-order valence-corrected chi connectivity index (χ1v) is 9.84. The third-order valence-corrected chi connectivity index (χ3v) is 5.91. The van der Waals surface area contributed by atoms with Crippen molar-refractivity contribution in [3.05, 3.63) is 17.0 Å². The molecule has 142 valence electrons. The molecule has 1 aromatic rings. The van der Waals surface area contributed by atoms with Crippen molar-refractivity contribution in [2.24, 2.45) is 5.92 Å². The summed E-state index contributed by atoms with van der Waals surface area (Å²) >= 11 is 0. The van der Waals surface area contributed by atoms with E-state index < -0.39 is 5.97 Å². The SMILES string of the molecule is O=C(O)CN(CC1CC1)C1CC(NC(=O)c2noc3c2CCCCC3)C1. The van der Waals surface area contributed by atoms with Crippen LogP contribution in [-0.4, -0.2) is 52.2 Å². The molecule has 1 heterocycles. The van der Waals surface area contributed by atoms with Crippen molar-refractivity contribution in [1.29, 1.82) is 0 Å². The Balaban J connectivity index is 1.31. The molecule has 3 aliphatic carbocycles. The molecule has 1 amide bonds. The number of aliphatic carboxylic acids is 1. The number of carboxylic acids is 1. The molecule has 0 aliphatic heterocycles. The quantitative estimate of drug-likeness (QED) is 0.721. The van der Waals surface area contributed by atoms with Gasteiger partial charge in [0.2, 0.25) is 0 Å².